The Balaban J connectivity index is 1.45. The van der Waals surface area contributed by atoms with Gasteiger partial charge < -0.3 is 14.6 Å². The number of ether oxygens (including phenoxy) is 1. The molecule has 0 saturated carbocycles. The van der Waals surface area contributed by atoms with Gasteiger partial charge in [-0.05, 0) is 56.0 Å². The van der Waals surface area contributed by atoms with Crippen molar-refractivity contribution in [2.24, 2.45) is 0 Å². The average molecular weight is 431 g/mol. The van der Waals surface area contributed by atoms with Crippen LogP contribution in [0.3, 0.4) is 0 Å². The first kappa shape index (κ1) is 21.4. The van der Waals surface area contributed by atoms with Crippen molar-refractivity contribution in [2.75, 3.05) is 5.32 Å². The molecule has 0 radical (unpaired) electrons. The van der Waals surface area contributed by atoms with Crippen molar-refractivity contribution >= 4 is 11.6 Å². The molecule has 0 saturated heterocycles. The van der Waals surface area contributed by atoms with Crippen molar-refractivity contribution in [3.8, 4) is 5.75 Å². The van der Waals surface area contributed by atoms with E-state index < -0.39 is 0 Å². The van der Waals surface area contributed by atoms with E-state index in [1.165, 1.54) is 11.1 Å². The first-order valence-corrected chi connectivity index (χ1v) is 10.4. The normalized spacial score (nSPS) is 10.9. The molecule has 1 N–H and O–H groups in total. The number of hydrogen-bond donors (Lipinski definition) is 1. The van der Waals surface area contributed by atoms with Crippen molar-refractivity contribution in [3.63, 3.8) is 0 Å². The van der Waals surface area contributed by atoms with E-state index in [-0.39, 0.29) is 18.2 Å². The van der Waals surface area contributed by atoms with Gasteiger partial charge in [-0.1, -0.05) is 41.6 Å². The summed E-state index contributed by atoms with van der Waals surface area (Å²) in [5.74, 6) is 0.960. The van der Waals surface area contributed by atoms with E-state index in [0.29, 0.717) is 23.6 Å². The maximum Gasteiger partial charge on any atom is 0.278 e. The van der Waals surface area contributed by atoms with Gasteiger partial charge in [0.15, 0.2) is 5.69 Å². The van der Waals surface area contributed by atoms with Gasteiger partial charge in [0.25, 0.3) is 5.91 Å². The Morgan fingerprint density at radius 1 is 1.09 bits per heavy atom. The molecular weight excluding hydrogens is 404 g/mol. The molecule has 164 valence electrons. The second-order valence-corrected chi connectivity index (χ2v) is 7.93. The smallest absolute Gasteiger partial charge is 0.278 e. The fraction of sp³-hybridized carbons (Fsp3) is 0.240. The molecule has 0 aliphatic rings. The molecule has 4 aromatic rings. The summed E-state index contributed by atoms with van der Waals surface area (Å²) in [6.45, 7) is 8.64. The predicted molar refractivity (Wildman–Crippen MR) is 122 cm³/mol. The van der Waals surface area contributed by atoms with Crippen LogP contribution < -0.4 is 10.1 Å². The summed E-state index contributed by atoms with van der Waals surface area (Å²) in [6, 6.07) is 14.2. The number of nitrogens with zero attached hydrogens (tertiary/aromatic N) is 3. The third kappa shape index (κ3) is 4.72. The topological polar surface area (TPSA) is 82.2 Å². The zero-order chi connectivity index (χ0) is 22.7. The second kappa shape index (κ2) is 9.09. The van der Waals surface area contributed by atoms with Gasteiger partial charge in [0.05, 0.1) is 24.0 Å². The van der Waals surface area contributed by atoms with Crippen LogP contribution in [-0.2, 0) is 13.2 Å². The zero-order valence-electron chi connectivity index (χ0n) is 18.7. The Hall–Kier alpha value is -3.87. The third-order valence-corrected chi connectivity index (χ3v) is 5.40. The van der Waals surface area contributed by atoms with Crippen LogP contribution in [0.4, 0.5) is 5.69 Å². The van der Waals surface area contributed by atoms with E-state index in [2.05, 4.69) is 34.6 Å². The maximum absolute atomic E-state index is 12.9. The molecule has 0 spiro atoms. The van der Waals surface area contributed by atoms with Gasteiger partial charge in [-0.2, -0.15) is 5.10 Å². The molecule has 7 nitrogen and oxygen atoms in total. The van der Waals surface area contributed by atoms with Gasteiger partial charge in [-0.3, -0.25) is 9.48 Å². The van der Waals surface area contributed by atoms with Crippen molar-refractivity contribution < 1.29 is 14.1 Å². The second-order valence-electron chi connectivity index (χ2n) is 7.93. The zero-order valence-corrected chi connectivity index (χ0v) is 18.7. The predicted octanol–water partition coefficient (Wildman–Crippen LogP) is 4.98. The number of nitrogens with one attached hydrogen (secondary N) is 1. The van der Waals surface area contributed by atoms with E-state index in [1.807, 2.05) is 44.2 Å². The number of aryl methyl sites for hydroxylation is 4. The van der Waals surface area contributed by atoms with Crippen molar-refractivity contribution in [1.29, 1.82) is 0 Å². The van der Waals surface area contributed by atoms with Crippen LogP contribution in [0.2, 0.25) is 0 Å². The molecule has 1 amide bonds. The summed E-state index contributed by atoms with van der Waals surface area (Å²) < 4.78 is 13.0. The van der Waals surface area contributed by atoms with E-state index in [0.717, 1.165) is 16.9 Å². The van der Waals surface area contributed by atoms with Gasteiger partial charge in [0.2, 0.25) is 0 Å². The standard InChI is InChI=1S/C25H26N4O3/c1-16-9-10-18(3)23(11-16)31-15-22-19(4)32-28-24(22)25(30)27-21-12-26-29(14-21)13-20-8-6-5-7-17(20)2/h5-12,14H,13,15H2,1-4H3,(H,27,30). The number of rotatable bonds is 7. The highest BCUT2D eigenvalue weighted by Gasteiger charge is 2.21. The van der Waals surface area contributed by atoms with Gasteiger partial charge in [0, 0.05) is 6.20 Å². The van der Waals surface area contributed by atoms with E-state index >= 15 is 0 Å². The highest BCUT2D eigenvalue weighted by molar-refractivity contribution is 6.03. The molecule has 0 aliphatic heterocycles. The minimum Gasteiger partial charge on any atom is -0.488 e. The van der Waals surface area contributed by atoms with Gasteiger partial charge in [-0.15, -0.1) is 0 Å². The molecule has 32 heavy (non-hydrogen) atoms. The Kier molecular flexibility index (Phi) is 6.07. The molecule has 2 heterocycles. The molecule has 2 aromatic carbocycles. The molecule has 0 aliphatic carbocycles. The third-order valence-electron chi connectivity index (χ3n) is 5.40. The number of benzene rings is 2. The van der Waals surface area contributed by atoms with Gasteiger partial charge >= 0.3 is 0 Å². The van der Waals surface area contributed by atoms with Crippen LogP contribution in [0.25, 0.3) is 0 Å². The van der Waals surface area contributed by atoms with Crippen LogP contribution in [0.15, 0.2) is 59.4 Å². The molecule has 0 unspecified atom stereocenters. The van der Waals surface area contributed by atoms with E-state index in [4.69, 9.17) is 9.26 Å². The summed E-state index contributed by atoms with van der Waals surface area (Å²) in [7, 11) is 0. The molecule has 0 bridgehead atoms. The first-order chi connectivity index (χ1) is 15.4. The lowest BCUT2D eigenvalue weighted by atomic mass is 10.1. The number of aromatic nitrogens is 3. The Morgan fingerprint density at radius 3 is 2.72 bits per heavy atom. The molecule has 2 aromatic heterocycles. The average Bonchev–Trinajstić information content (AvgIpc) is 3.36. The highest BCUT2D eigenvalue weighted by Crippen LogP contribution is 2.23. The Bertz CT molecular complexity index is 1260. The number of hydrogen-bond acceptors (Lipinski definition) is 5. The first-order valence-electron chi connectivity index (χ1n) is 10.4. The maximum atomic E-state index is 12.9. The van der Waals surface area contributed by atoms with Gasteiger partial charge in [-0.25, -0.2) is 0 Å². The number of carbonyl (C=O) groups is 1. The van der Waals surface area contributed by atoms with Gasteiger partial charge in [0.1, 0.15) is 18.1 Å². The van der Waals surface area contributed by atoms with Crippen molar-refractivity contribution in [3.05, 3.63) is 94.1 Å². The number of carbonyl (C=O) groups excluding carboxylic acids is 1. The van der Waals surface area contributed by atoms with Crippen molar-refractivity contribution in [2.45, 2.75) is 40.8 Å². The van der Waals surface area contributed by atoms with Crippen LogP contribution in [0.1, 0.15) is 44.1 Å². The number of amides is 1. The van der Waals surface area contributed by atoms with Crippen LogP contribution in [-0.4, -0.2) is 20.8 Å². The molecule has 0 fully saturated rings. The Morgan fingerprint density at radius 2 is 1.91 bits per heavy atom. The molecule has 0 atom stereocenters. The fourth-order valence-electron chi connectivity index (χ4n) is 3.42. The summed E-state index contributed by atoms with van der Waals surface area (Å²) in [5.41, 5.74) is 5.91. The molecular formula is C25H26N4O3. The van der Waals surface area contributed by atoms with Crippen LogP contribution in [0, 0.1) is 27.7 Å². The lowest BCUT2D eigenvalue weighted by Crippen LogP contribution is -2.15. The lowest BCUT2D eigenvalue weighted by molar-refractivity contribution is 0.101. The molecule has 7 heteroatoms. The minimum absolute atomic E-state index is 0.189. The monoisotopic (exact) mass is 430 g/mol. The van der Waals surface area contributed by atoms with E-state index in [1.54, 1.807) is 24.0 Å². The largest absolute Gasteiger partial charge is 0.488 e. The highest BCUT2D eigenvalue weighted by atomic mass is 16.5. The SMILES string of the molecule is Cc1ccc(C)c(OCc2c(C(=O)Nc3cnn(Cc4ccccc4C)c3)noc2C)c1. The van der Waals surface area contributed by atoms with Crippen LogP contribution in [0.5, 0.6) is 5.75 Å². The van der Waals surface area contributed by atoms with Crippen molar-refractivity contribution in [1.82, 2.24) is 14.9 Å². The minimum atomic E-state index is -0.364. The summed E-state index contributed by atoms with van der Waals surface area (Å²) in [4.78, 5) is 12.9. The summed E-state index contributed by atoms with van der Waals surface area (Å²) in [6.07, 6.45) is 3.42. The Labute approximate surface area is 187 Å². The quantitative estimate of drug-likeness (QED) is 0.447. The summed E-state index contributed by atoms with van der Waals surface area (Å²) in [5, 5.41) is 11.2. The van der Waals surface area contributed by atoms with E-state index in [9.17, 15) is 4.79 Å². The fourth-order valence-corrected chi connectivity index (χ4v) is 3.42. The summed E-state index contributed by atoms with van der Waals surface area (Å²) >= 11 is 0. The number of anilines is 1. The lowest BCUT2D eigenvalue weighted by Gasteiger charge is -2.10. The van der Waals surface area contributed by atoms with Crippen LogP contribution >= 0.6 is 0 Å². The molecule has 4 rings (SSSR count).